The maximum absolute atomic E-state index is 12.0. The Labute approximate surface area is 155 Å². The number of carbonyl (C=O) groups excluding carboxylic acids is 1. The Balaban J connectivity index is 0.00000312. The summed E-state index contributed by atoms with van der Waals surface area (Å²) in [6.07, 6.45) is 10.2. The number of aromatic nitrogens is 2. The van der Waals surface area contributed by atoms with Crippen LogP contribution in [0.2, 0.25) is 0 Å². The summed E-state index contributed by atoms with van der Waals surface area (Å²) >= 11 is 0. The summed E-state index contributed by atoms with van der Waals surface area (Å²) < 4.78 is 27.6. The second-order valence-corrected chi connectivity index (χ2v) is 7.93. The SMILES string of the molecule is Cl.Cn1cc(S(=O)(=O)NCC(=O)NCCNC2CCCCCC2)cn1. The van der Waals surface area contributed by atoms with Crippen molar-refractivity contribution in [1.82, 2.24) is 25.1 Å². The van der Waals surface area contributed by atoms with Crippen molar-refractivity contribution in [3.05, 3.63) is 12.4 Å². The van der Waals surface area contributed by atoms with E-state index in [0.717, 1.165) is 0 Å². The van der Waals surface area contributed by atoms with Crippen LogP contribution in [0.1, 0.15) is 38.5 Å². The van der Waals surface area contributed by atoms with Gasteiger partial charge in [0, 0.05) is 32.4 Å². The third-order valence-corrected chi connectivity index (χ3v) is 5.51. The lowest BCUT2D eigenvalue weighted by Gasteiger charge is -2.16. The van der Waals surface area contributed by atoms with Gasteiger partial charge in [0.05, 0.1) is 12.7 Å². The highest BCUT2D eigenvalue weighted by Crippen LogP contribution is 2.16. The molecule has 8 nitrogen and oxygen atoms in total. The minimum Gasteiger partial charge on any atom is -0.354 e. The molecule has 1 amide bonds. The van der Waals surface area contributed by atoms with Crippen LogP contribution in [0.25, 0.3) is 0 Å². The molecular weight excluding hydrogens is 366 g/mol. The van der Waals surface area contributed by atoms with Crippen LogP contribution in [0.15, 0.2) is 17.3 Å². The highest BCUT2D eigenvalue weighted by atomic mass is 35.5. The lowest BCUT2D eigenvalue weighted by molar-refractivity contribution is -0.119. The van der Waals surface area contributed by atoms with Gasteiger partial charge in [0.2, 0.25) is 15.9 Å². The fraction of sp³-hybridized carbons (Fsp3) is 0.733. The summed E-state index contributed by atoms with van der Waals surface area (Å²) in [7, 11) is -2.06. The first-order valence-electron chi connectivity index (χ1n) is 8.46. The topological polar surface area (TPSA) is 105 Å². The molecule has 0 saturated heterocycles. The van der Waals surface area contributed by atoms with Crippen LogP contribution in [0, 0.1) is 0 Å². The second-order valence-electron chi connectivity index (χ2n) is 6.17. The van der Waals surface area contributed by atoms with Crippen molar-refractivity contribution in [3.8, 4) is 0 Å². The fourth-order valence-corrected chi connectivity index (χ4v) is 3.77. The van der Waals surface area contributed by atoms with Crippen molar-refractivity contribution >= 4 is 28.3 Å². The standard InChI is InChI=1S/C15H27N5O3S.ClH/c1-20-12-14(10-18-20)24(22,23)19-11-15(21)17-9-8-16-13-6-4-2-3-5-7-13;/h10,12-13,16,19H,2-9,11H2,1H3,(H,17,21);1H. The summed E-state index contributed by atoms with van der Waals surface area (Å²) in [5.74, 6) is -0.342. The number of carbonyl (C=O) groups is 1. The Kier molecular flexibility index (Phi) is 9.41. The number of aryl methyl sites for hydroxylation is 1. The van der Waals surface area contributed by atoms with E-state index in [1.807, 2.05) is 0 Å². The molecule has 1 aliphatic rings. The van der Waals surface area contributed by atoms with Crippen LogP contribution in [0.5, 0.6) is 0 Å². The maximum Gasteiger partial charge on any atom is 0.244 e. The lowest BCUT2D eigenvalue weighted by Crippen LogP contribution is -2.41. The van der Waals surface area contributed by atoms with Gasteiger partial charge < -0.3 is 10.6 Å². The van der Waals surface area contributed by atoms with E-state index in [2.05, 4.69) is 20.5 Å². The fourth-order valence-electron chi connectivity index (χ4n) is 2.81. The van der Waals surface area contributed by atoms with Gasteiger partial charge in [-0.15, -0.1) is 12.4 Å². The van der Waals surface area contributed by atoms with E-state index in [-0.39, 0.29) is 29.8 Å². The molecule has 2 rings (SSSR count). The van der Waals surface area contributed by atoms with E-state index in [1.54, 1.807) is 7.05 Å². The van der Waals surface area contributed by atoms with Gasteiger partial charge in [-0.25, -0.2) is 13.1 Å². The Hall–Kier alpha value is -1.16. The number of rotatable bonds is 8. The van der Waals surface area contributed by atoms with Gasteiger partial charge in [0.1, 0.15) is 4.90 Å². The molecule has 1 saturated carbocycles. The molecular formula is C15H28ClN5O3S. The molecule has 1 aromatic rings. The average Bonchev–Trinajstić information content (AvgIpc) is 2.83. The normalized spacial score (nSPS) is 16.0. The van der Waals surface area contributed by atoms with E-state index in [9.17, 15) is 13.2 Å². The van der Waals surface area contributed by atoms with Crippen LogP contribution in [-0.4, -0.2) is 49.8 Å². The molecule has 0 atom stereocenters. The largest absolute Gasteiger partial charge is 0.354 e. The average molecular weight is 394 g/mol. The van der Waals surface area contributed by atoms with Crippen LogP contribution < -0.4 is 15.4 Å². The first-order chi connectivity index (χ1) is 11.5. The number of halogens is 1. The molecule has 1 heterocycles. The molecule has 10 heteroatoms. The number of sulfonamides is 1. The summed E-state index contributed by atoms with van der Waals surface area (Å²) in [6.45, 7) is 0.913. The first kappa shape index (κ1) is 21.9. The molecule has 25 heavy (non-hydrogen) atoms. The molecule has 1 aliphatic carbocycles. The molecule has 3 N–H and O–H groups in total. The lowest BCUT2D eigenvalue weighted by atomic mass is 10.1. The molecule has 144 valence electrons. The van der Waals surface area contributed by atoms with Crippen molar-refractivity contribution in [2.24, 2.45) is 7.05 Å². The van der Waals surface area contributed by atoms with Gasteiger partial charge in [0.15, 0.2) is 0 Å². The number of nitrogens with one attached hydrogen (secondary N) is 3. The summed E-state index contributed by atoms with van der Waals surface area (Å²) in [5, 5.41) is 9.98. The van der Waals surface area contributed by atoms with Gasteiger partial charge in [-0.1, -0.05) is 25.7 Å². The van der Waals surface area contributed by atoms with Crippen LogP contribution in [-0.2, 0) is 21.9 Å². The molecule has 0 radical (unpaired) electrons. The zero-order chi connectivity index (χ0) is 17.4. The monoisotopic (exact) mass is 393 g/mol. The minimum atomic E-state index is -3.70. The molecule has 1 aromatic heterocycles. The van der Waals surface area contributed by atoms with Gasteiger partial charge >= 0.3 is 0 Å². The highest BCUT2D eigenvalue weighted by Gasteiger charge is 2.17. The summed E-state index contributed by atoms with van der Waals surface area (Å²) in [4.78, 5) is 11.8. The number of hydrogen-bond donors (Lipinski definition) is 3. The van der Waals surface area contributed by atoms with E-state index >= 15 is 0 Å². The molecule has 1 fully saturated rings. The highest BCUT2D eigenvalue weighted by molar-refractivity contribution is 7.89. The molecule has 0 aliphatic heterocycles. The quantitative estimate of drug-likeness (QED) is 0.442. The number of nitrogens with zero attached hydrogens (tertiary/aromatic N) is 2. The number of amides is 1. The Morgan fingerprint density at radius 1 is 1.24 bits per heavy atom. The predicted molar refractivity (Wildman–Crippen MR) is 98.1 cm³/mol. The maximum atomic E-state index is 12.0. The Morgan fingerprint density at radius 3 is 2.52 bits per heavy atom. The third kappa shape index (κ3) is 7.72. The summed E-state index contributed by atoms with van der Waals surface area (Å²) in [6, 6.07) is 0.536. The van der Waals surface area contributed by atoms with Crippen molar-refractivity contribution in [2.75, 3.05) is 19.6 Å². The van der Waals surface area contributed by atoms with Crippen LogP contribution in [0.3, 0.4) is 0 Å². The van der Waals surface area contributed by atoms with Crippen molar-refractivity contribution < 1.29 is 13.2 Å². The minimum absolute atomic E-state index is 0. The van der Waals surface area contributed by atoms with Gasteiger partial charge in [0.25, 0.3) is 0 Å². The van der Waals surface area contributed by atoms with E-state index in [0.29, 0.717) is 19.1 Å². The molecule has 0 spiro atoms. The zero-order valence-electron chi connectivity index (χ0n) is 14.5. The smallest absolute Gasteiger partial charge is 0.244 e. The predicted octanol–water partition coefficient (Wildman–Crippen LogP) is 0.549. The Morgan fingerprint density at radius 2 is 1.92 bits per heavy atom. The molecule has 0 bridgehead atoms. The van der Waals surface area contributed by atoms with Crippen molar-refractivity contribution in [2.45, 2.75) is 49.5 Å². The molecule has 0 unspecified atom stereocenters. The third-order valence-electron chi connectivity index (χ3n) is 4.15. The van der Waals surface area contributed by atoms with Gasteiger partial charge in [-0.3, -0.25) is 9.48 Å². The van der Waals surface area contributed by atoms with Crippen LogP contribution in [0.4, 0.5) is 0 Å². The molecule has 0 aromatic carbocycles. The number of hydrogen-bond acceptors (Lipinski definition) is 5. The second kappa shape index (κ2) is 10.7. The van der Waals surface area contributed by atoms with Gasteiger partial charge in [-0.05, 0) is 12.8 Å². The summed E-state index contributed by atoms with van der Waals surface area (Å²) in [5.41, 5.74) is 0. The van der Waals surface area contributed by atoms with E-state index in [4.69, 9.17) is 0 Å². The first-order valence-corrected chi connectivity index (χ1v) is 9.94. The van der Waals surface area contributed by atoms with E-state index in [1.165, 1.54) is 55.6 Å². The Bertz CT molecular complexity index is 627. The van der Waals surface area contributed by atoms with Crippen molar-refractivity contribution in [1.29, 1.82) is 0 Å². The van der Waals surface area contributed by atoms with E-state index < -0.39 is 10.0 Å². The van der Waals surface area contributed by atoms with Crippen LogP contribution >= 0.6 is 12.4 Å². The zero-order valence-corrected chi connectivity index (χ0v) is 16.2. The van der Waals surface area contributed by atoms with Crippen molar-refractivity contribution in [3.63, 3.8) is 0 Å². The van der Waals surface area contributed by atoms with Gasteiger partial charge in [-0.2, -0.15) is 5.10 Å².